The molecule has 110 valence electrons. The van der Waals surface area contributed by atoms with E-state index in [-0.39, 0.29) is 19.5 Å². The zero-order valence-electron chi connectivity index (χ0n) is 10.8. The third-order valence-corrected chi connectivity index (χ3v) is 5.23. The molecule has 0 bridgehead atoms. The molecule has 0 aliphatic carbocycles. The van der Waals surface area contributed by atoms with Crippen molar-refractivity contribution in [3.05, 3.63) is 21.9 Å². The summed E-state index contributed by atoms with van der Waals surface area (Å²) >= 11 is 1.60. The average Bonchev–Trinajstić information content (AvgIpc) is 3.05. The van der Waals surface area contributed by atoms with E-state index >= 15 is 0 Å². The smallest absolute Gasteiger partial charge is 0.337 e. The molecule has 7 heteroatoms. The molecule has 3 nitrogen and oxygen atoms in total. The fraction of sp³-hybridized carbons (Fsp3) is 0.615. The molecule has 0 saturated carbocycles. The van der Waals surface area contributed by atoms with Crippen molar-refractivity contribution in [3.63, 3.8) is 0 Å². The zero-order chi connectivity index (χ0) is 14.4. The zero-order valence-corrected chi connectivity index (χ0v) is 11.6. The molecule has 1 aromatic heterocycles. The molecule has 3 heterocycles. The lowest BCUT2D eigenvalue weighted by atomic mass is 9.84. The lowest BCUT2D eigenvalue weighted by Gasteiger charge is -2.37. The first-order valence-electron chi connectivity index (χ1n) is 6.56. The topological polar surface area (TPSA) is 32.3 Å². The van der Waals surface area contributed by atoms with Crippen molar-refractivity contribution in [2.45, 2.75) is 25.6 Å². The van der Waals surface area contributed by atoms with Gasteiger partial charge in [-0.15, -0.1) is 11.3 Å². The van der Waals surface area contributed by atoms with Crippen LogP contribution in [0.25, 0.3) is 0 Å². The number of hydrogen-bond acceptors (Lipinski definition) is 3. The molecule has 0 aromatic carbocycles. The third-order valence-electron chi connectivity index (χ3n) is 4.20. The molecule has 0 radical (unpaired) electrons. The molecule has 2 aliphatic rings. The van der Waals surface area contributed by atoms with E-state index in [0.717, 1.165) is 5.56 Å². The van der Waals surface area contributed by atoms with E-state index in [2.05, 4.69) is 5.32 Å². The lowest BCUT2D eigenvalue weighted by Crippen LogP contribution is -2.54. The van der Waals surface area contributed by atoms with Gasteiger partial charge in [-0.3, -0.25) is 4.79 Å². The van der Waals surface area contributed by atoms with Crippen LogP contribution in [-0.4, -0.2) is 36.6 Å². The van der Waals surface area contributed by atoms with E-state index in [9.17, 15) is 18.0 Å². The molecule has 1 saturated heterocycles. The summed E-state index contributed by atoms with van der Waals surface area (Å²) < 4.78 is 40.1. The van der Waals surface area contributed by atoms with Gasteiger partial charge >= 0.3 is 6.18 Å². The summed E-state index contributed by atoms with van der Waals surface area (Å²) in [7, 11) is 0. The Bertz CT molecular complexity index is 520. The van der Waals surface area contributed by atoms with E-state index in [1.807, 2.05) is 11.4 Å². The van der Waals surface area contributed by atoms with Crippen LogP contribution >= 0.6 is 11.3 Å². The second kappa shape index (κ2) is 4.73. The van der Waals surface area contributed by atoms with Crippen LogP contribution in [0.4, 0.5) is 13.2 Å². The van der Waals surface area contributed by atoms with Gasteiger partial charge in [0.05, 0.1) is 0 Å². The minimum atomic E-state index is -4.50. The predicted molar refractivity (Wildman–Crippen MR) is 69.4 cm³/mol. The summed E-state index contributed by atoms with van der Waals surface area (Å²) in [6.45, 7) is 0.616. The average molecular weight is 304 g/mol. The minimum Gasteiger partial charge on any atom is -0.337 e. The van der Waals surface area contributed by atoms with Crippen LogP contribution < -0.4 is 5.32 Å². The Kier molecular flexibility index (Phi) is 3.29. The molecule has 2 aliphatic heterocycles. The monoisotopic (exact) mass is 304 g/mol. The Morgan fingerprint density at radius 2 is 2.25 bits per heavy atom. The second-order valence-corrected chi connectivity index (χ2v) is 6.35. The number of fused-ring (bicyclic) bond motifs is 1. The highest BCUT2D eigenvalue weighted by Crippen LogP contribution is 2.45. The predicted octanol–water partition coefficient (Wildman–Crippen LogP) is 2.17. The Balaban J connectivity index is 1.85. The Morgan fingerprint density at radius 3 is 2.90 bits per heavy atom. The summed E-state index contributed by atoms with van der Waals surface area (Å²) in [5, 5.41) is 4.61. The number of rotatable bonds is 1. The molecule has 20 heavy (non-hydrogen) atoms. The summed E-state index contributed by atoms with van der Waals surface area (Å²) in [6, 6.07) is 1.90. The van der Waals surface area contributed by atoms with Gasteiger partial charge in [-0.1, -0.05) is 0 Å². The fourth-order valence-electron chi connectivity index (χ4n) is 2.96. The van der Waals surface area contributed by atoms with Gasteiger partial charge < -0.3 is 10.2 Å². The summed E-state index contributed by atoms with van der Waals surface area (Å²) in [5.74, 6) is -0.771. The van der Waals surface area contributed by atoms with E-state index in [4.69, 9.17) is 0 Å². The van der Waals surface area contributed by atoms with Gasteiger partial charge in [0.25, 0.3) is 0 Å². The normalized spacial score (nSPS) is 26.6. The number of nitrogens with one attached hydrogen (secondary N) is 1. The first-order chi connectivity index (χ1) is 9.44. The Morgan fingerprint density at radius 1 is 1.45 bits per heavy atom. The summed E-state index contributed by atoms with van der Waals surface area (Å²) in [6.07, 6.45) is -4.01. The van der Waals surface area contributed by atoms with Crippen molar-refractivity contribution in [3.8, 4) is 0 Å². The minimum absolute atomic E-state index is 0.164. The van der Waals surface area contributed by atoms with Crippen molar-refractivity contribution in [2.24, 2.45) is 5.41 Å². The largest absolute Gasteiger partial charge is 0.404 e. The van der Waals surface area contributed by atoms with Crippen LogP contribution in [0.15, 0.2) is 11.4 Å². The maximum absolute atomic E-state index is 13.4. The molecular weight excluding hydrogens is 289 g/mol. The molecule has 1 N–H and O–H groups in total. The standard InChI is InChI=1S/C13H15F3N2OS/c14-13(15,16)12(3-4-17-8-12)11(19)18-5-1-10-9(7-18)2-6-20-10/h2,6,17H,1,3-5,7-8H2. The van der Waals surface area contributed by atoms with Gasteiger partial charge in [-0.05, 0) is 36.4 Å². The van der Waals surface area contributed by atoms with E-state index in [1.54, 1.807) is 11.3 Å². The molecule has 1 amide bonds. The maximum atomic E-state index is 13.4. The SMILES string of the molecule is O=C(N1CCc2sccc2C1)C1(C(F)(F)F)CCNC1. The fourth-order valence-corrected chi connectivity index (χ4v) is 3.85. The van der Waals surface area contributed by atoms with Gasteiger partial charge in [0.2, 0.25) is 5.91 Å². The highest BCUT2D eigenvalue weighted by Gasteiger charge is 2.62. The maximum Gasteiger partial charge on any atom is 0.404 e. The van der Waals surface area contributed by atoms with Crippen LogP contribution in [0.3, 0.4) is 0 Å². The van der Waals surface area contributed by atoms with Crippen molar-refractivity contribution < 1.29 is 18.0 Å². The van der Waals surface area contributed by atoms with Crippen LogP contribution in [0.2, 0.25) is 0 Å². The van der Waals surface area contributed by atoms with Crippen LogP contribution in [-0.2, 0) is 17.8 Å². The highest BCUT2D eigenvalue weighted by molar-refractivity contribution is 7.10. The quantitative estimate of drug-likeness (QED) is 0.862. The van der Waals surface area contributed by atoms with Crippen LogP contribution in [0.1, 0.15) is 16.9 Å². The molecule has 1 unspecified atom stereocenters. The van der Waals surface area contributed by atoms with E-state index in [0.29, 0.717) is 19.5 Å². The Labute approximate surface area is 118 Å². The van der Waals surface area contributed by atoms with Gasteiger partial charge in [0, 0.05) is 24.5 Å². The number of carbonyl (C=O) groups is 1. The van der Waals surface area contributed by atoms with Crippen LogP contribution in [0.5, 0.6) is 0 Å². The highest BCUT2D eigenvalue weighted by atomic mass is 32.1. The van der Waals surface area contributed by atoms with Gasteiger partial charge in [0.15, 0.2) is 5.41 Å². The third kappa shape index (κ3) is 2.03. The molecule has 1 aromatic rings. The number of amides is 1. The number of thiophene rings is 1. The summed E-state index contributed by atoms with van der Waals surface area (Å²) in [4.78, 5) is 15.0. The van der Waals surface area contributed by atoms with Crippen molar-refractivity contribution in [2.75, 3.05) is 19.6 Å². The molecular formula is C13H15F3N2OS. The number of halogens is 3. The first-order valence-corrected chi connectivity index (χ1v) is 7.44. The summed E-state index contributed by atoms with van der Waals surface area (Å²) in [5.41, 5.74) is -1.25. The number of alkyl halides is 3. The van der Waals surface area contributed by atoms with Crippen molar-refractivity contribution in [1.29, 1.82) is 0 Å². The lowest BCUT2D eigenvalue weighted by molar-refractivity contribution is -0.222. The van der Waals surface area contributed by atoms with E-state index < -0.39 is 17.5 Å². The second-order valence-electron chi connectivity index (χ2n) is 5.35. The molecule has 3 rings (SSSR count). The van der Waals surface area contributed by atoms with Crippen LogP contribution in [0, 0.1) is 5.41 Å². The first kappa shape index (κ1) is 13.9. The van der Waals surface area contributed by atoms with Crippen molar-refractivity contribution in [1.82, 2.24) is 10.2 Å². The Hall–Kier alpha value is -1.08. The van der Waals surface area contributed by atoms with Gasteiger partial charge in [0.1, 0.15) is 0 Å². The number of nitrogens with zero attached hydrogens (tertiary/aromatic N) is 1. The van der Waals surface area contributed by atoms with E-state index in [1.165, 1.54) is 9.78 Å². The van der Waals surface area contributed by atoms with Gasteiger partial charge in [-0.2, -0.15) is 13.2 Å². The molecule has 0 spiro atoms. The number of hydrogen-bond donors (Lipinski definition) is 1. The molecule has 1 fully saturated rings. The number of carbonyl (C=O) groups excluding carboxylic acids is 1. The van der Waals surface area contributed by atoms with Gasteiger partial charge in [-0.25, -0.2) is 0 Å². The molecule has 1 atom stereocenters. The van der Waals surface area contributed by atoms with Crippen molar-refractivity contribution >= 4 is 17.2 Å².